The first-order chi connectivity index (χ1) is 15.0. The lowest BCUT2D eigenvalue weighted by molar-refractivity contribution is 0.145. The number of aromatic nitrogens is 2. The Kier molecular flexibility index (Phi) is 4.58. The molecule has 0 radical (unpaired) electrons. The number of halogens is 1. The lowest BCUT2D eigenvalue weighted by Crippen LogP contribution is -2.29. The number of hydrogen-bond acceptors (Lipinski definition) is 6. The van der Waals surface area contributed by atoms with Gasteiger partial charge in [-0.2, -0.15) is 0 Å². The molecule has 9 nitrogen and oxygen atoms in total. The first kappa shape index (κ1) is 19.4. The summed E-state index contributed by atoms with van der Waals surface area (Å²) >= 11 is 0. The van der Waals surface area contributed by atoms with Crippen LogP contribution in [0.25, 0.3) is 10.9 Å². The zero-order valence-electron chi connectivity index (χ0n) is 16.8. The predicted molar refractivity (Wildman–Crippen MR) is 116 cm³/mol. The van der Waals surface area contributed by atoms with Gasteiger partial charge in [0.1, 0.15) is 11.9 Å². The Labute approximate surface area is 177 Å². The molecule has 0 unspecified atom stereocenters. The molecule has 162 valence electrons. The zero-order valence-corrected chi connectivity index (χ0v) is 16.8. The fourth-order valence-corrected chi connectivity index (χ4v) is 4.35. The van der Waals surface area contributed by atoms with Crippen molar-refractivity contribution in [3.8, 4) is 0 Å². The largest absolute Gasteiger partial charge is 0.443 e. The summed E-state index contributed by atoms with van der Waals surface area (Å²) < 4.78 is 23.8. The Balaban J connectivity index is 1.40. The van der Waals surface area contributed by atoms with Crippen LogP contribution in [0.3, 0.4) is 0 Å². The van der Waals surface area contributed by atoms with Gasteiger partial charge in [-0.15, -0.1) is 0 Å². The van der Waals surface area contributed by atoms with Gasteiger partial charge in [-0.05, 0) is 36.4 Å². The van der Waals surface area contributed by atoms with Crippen LogP contribution in [0.5, 0.6) is 0 Å². The van der Waals surface area contributed by atoms with Crippen molar-refractivity contribution in [2.24, 2.45) is 5.73 Å². The molecule has 10 heteroatoms. The Morgan fingerprint density at radius 3 is 2.52 bits per heavy atom. The Morgan fingerprint density at radius 2 is 1.81 bits per heavy atom. The van der Waals surface area contributed by atoms with Gasteiger partial charge >= 0.3 is 6.09 Å². The monoisotopic (exact) mass is 426 g/mol. The van der Waals surface area contributed by atoms with Crippen LogP contribution in [0.2, 0.25) is 0 Å². The first-order valence-corrected chi connectivity index (χ1v) is 10.2. The fourth-order valence-electron chi connectivity index (χ4n) is 4.35. The third-order valence-corrected chi connectivity index (χ3v) is 5.94. The van der Waals surface area contributed by atoms with Crippen LogP contribution in [0.1, 0.15) is 0 Å². The summed E-state index contributed by atoms with van der Waals surface area (Å²) in [6.07, 6.45) is -0.914. The minimum absolute atomic E-state index is 0.0954. The predicted octanol–water partition coefficient (Wildman–Crippen LogP) is 1.33. The summed E-state index contributed by atoms with van der Waals surface area (Å²) in [7, 11) is 0. The summed E-state index contributed by atoms with van der Waals surface area (Å²) in [5, 5.41) is 0.595. The molecule has 0 saturated carbocycles. The highest BCUT2D eigenvalue weighted by atomic mass is 19.1. The van der Waals surface area contributed by atoms with Gasteiger partial charge < -0.3 is 21.1 Å². The Bertz CT molecular complexity index is 1240. The molecule has 0 bridgehead atoms. The second-order valence-corrected chi connectivity index (χ2v) is 7.80. The van der Waals surface area contributed by atoms with E-state index in [2.05, 4.69) is 0 Å². The number of nitrogens with zero attached hydrogens (tertiary/aromatic N) is 4. The molecule has 1 atom stereocenters. The highest BCUT2D eigenvalue weighted by Crippen LogP contribution is 2.28. The smallest absolute Gasteiger partial charge is 0.414 e. The maximum atomic E-state index is 15.0. The molecule has 1 saturated heterocycles. The van der Waals surface area contributed by atoms with Gasteiger partial charge in [0.25, 0.3) is 5.56 Å². The normalized spacial score (nSPS) is 18.9. The highest BCUT2D eigenvalue weighted by molar-refractivity contribution is 5.90. The molecule has 0 aliphatic carbocycles. The average Bonchev–Trinajstić information content (AvgIpc) is 3.16. The molecule has 5 rings (SSSR count). The van der Waals surface area contributed by atoms with Gasteiger partial charge in [-0.25, -0.2) is 13.9 Å². The summed E-state index contributed by atoms with van der Waals surface area (Å²) in [4.78, 5) is 28.1. The van der Waals surface area contributed by atoms with E-state index in [4.69, 9.17) is 16.2 Å². The zero-order chi connectivity index (χ0) is 21.7. The number of ether oxygens (including phenoxy) is 1. The van der Waals surface area contributed by atoms with Crippen LogP contribution in [-0.4, -0.2) is 47.7 Å². The van der Waals surface area contributed by atoms with Crippen LogP contribution in [0.4, 0.5) is 26.2 Å². The van der Waals surface area contributed by atoms with Gasteiger partial charge in [-0.3, -0.25) is 14.4 Å². The molecule has 1 amide bonds. The lowest BCUT2D eigenvalue weighted by Gasteiger charge is -2.24. The van der Waals surface area contributed by atoms with E-state index < -0.39 is 11.9 Å². The number of rotatable bonds is 3. The van der Waals surface area contributed by atoms with Crippen molar-refractivity contribution in [1.29, 1.82) is 0 Å². The Morgan fingerprint density at radius 1 is 1.03 bits per heavy atom. The van der Waals surface area contributed by atoms with E-state index in [1.165, 1.54) is 11.0 Å². The average molecular weight is 426 g/mol. The molecule has 3 aromatic rings. The quantitative estimate of drug-likeness (QED) is 0.611. The Hall–Kier alpha value is -3.53. The molecular weight excluding hydrogens is 403 g/mol. The highest BCUT2D eigenvalue weighted by Gasteiger charge is 2.32. The maximum Gasteiger partial charge on any atom is 0.414 e. The molecule has 2 aromatic carbocycles. The van der Waals surface area contributed by atoms with Gasteiger partial charge in [0, 0.05) is 25.3 Å². The van der Waals surface area contributed by atoms with Gasteiger partial charge in [0.2, 0.25) is 0 Å². The molecular formula is C21H23FN6O3. The van der Waals surface area contributed by atoms with E-state index in [1.54, 1.807) is 28.9 Å². The fraction of sp³-hybridized carbons (Fsp3) is 0.333. The maximum absolute atomic E-state index is 15.0. The molecule has 4 N–H and O–H groups in total. The van der Waals surface area contributed by atoms with E-state index in [9.17, 15) is 9.59 Å². The van der Waals surface area contributed by atoms with Crippen molar-refractivity contribution in [1.82, 2.24) is 9.36 Å². The van der Waals surface area contributed by atoms with E-state index in [1.807, 2.05) is 15.6 Å². The van der Waals surface area contributed by atoms with Gasteiger partial charge in [-0.1, -0.05) is 0 Å². The second kappa shape index (κ2) is 7.31. The van der Waals surface area contributed by atoms with Crippen LogP contribution in [-0.2, 0) is 17.8 Å². The minimum Gasteiger partial charge on any atom is -0.443 e. The van der Waals surface area contributed by atoms with Gasteiger partial charge in [0.05, 0.1) is 41.9 Å². The van der Waals surface area contributed by atoms with Crippen LogP contribution in [0.15, 0.2) is 41.2 Å². The van der Waals surface area contributed by atoms with E-state index in [-0.39, 0.29) is 18.2 Å². The summed E-state index contributed by atoms with van der Waals surface area (Å²) in [5.41, 5.74) is 13.5. The lowest BCUT2D eigenvalue weighted by atomic mass is 10.2. The number of nitrogens with two attached hydrogens (primary N) is 2. The van der Waals surface area contributed by atoms with Crippen molar-refractivity contribution >= 4 is 34.1 Å². The van der Waals surface area contributed by atoms with Crippen LogP contribution >= 0.6 is 0 Å². The van der Waals surface area contributed by atoms with Crippen molar-refractivity contribution in [3.63, 3.8) is 0 Å². The number of anilines is 3. The molecule has 1 fully saturated rings. The molecule has 0 spiro atoms. The summed E-state index contributed by atoms with van der Waals surface area (Å²) in [6, 6.07) is 10.0. The van der Waals surface area contributed by atoms with Gasteiger partial charge in [0.15, 0.2) is 0 Å². The first-order valence-electron chi connectivity index (χ1n) is 10.2. The number of carbonyl (C=O) groups is 1. The number of amides is 1. The summed E-state index contributed by atoms with van der Waals surface area (Å²) in [5.74, 6) is -0.432. The molecule has 1 aromatic heterocycles. The van der Waals surface area contributed by atoms with Crippen LogP contribution in [0, 0.1) is 5.82 Å². The van der Waals surface area contributed by atoms with Crippen molar-refractivity contribution in [2.75, 3.05) is 41.7 Å². The van der Waals surface area contributed by atoms with E-state index >= 15 is 4.39 Å². The SMILES string of the molecule is NC[C@H]1CN(c2ccc(N3CCn4c(=O)c5cc(N)ccc5n4CC3)c(F)c2)C(=O)O1. The third kappa shape index (κ3) is 3.19. The van der Waals surface area contributed by atoms with Crippen LogP contribution < -0.4 is 26.8 Å². The minimum atomic E-state index is -0.524. The van der Waals surface area contributed by atoms with Crippen molar-refractivity contribution in [2.45, 2.75) is 19.2 Å². The second-order valence-electron chi connectivity index (χ2n) is 7.80. The molecule has 31 heavy (non-hydrogen) atoms. The van der Waals surface area contributed by atoms with E-state index in [0.717, 1.165) is 5.52 Å². The molecule has 3 heterocycles. The third-order valence-electron chi connectivity index (χ3n) is 5.94. The number of benzene rings is 2. The standard InChI is InChI=1S/C21H23FN6O3/c22-17-10-14(26-12-15(11-23)31-21(26)30)2-4-19(17)25-5-7-27-18-3-1-13(24)9-16(18)20(29)28(27)8-6-25/h1-4,9-10,15H,5-8,11-12,23-24H2/t15-/m0/s1. The molecule has 2 aliphatic heterocycles. The number of hydrogen-bond donors (Lipinski definition) is 2. The number of cyclic esters (lactones) is 1. The molecule has 2 aliphatic rings. The van der Waals surface area contributed by atoms with Crippen molar-refractivity contribution in [3.05, 3.63) is 52.6 Å². The topological polar surface area (TPSA) is 112 Å². The number of nitrogen functional groups attached to an aromatic ring is 1. The summed E-state index contributed by atoms with van der Waals surface area (Å²) in [6.45, 7) is 2.48. The number of carbonyl (C=O) groups excluding carboxylic acids is 1. The van der Waals surface area contributed by atoms with E-state index in [0.29, 0.717) is 55.2 Å². The van der Waals surface area contributed by atoms with Crippen molar-refractivity contribution < 1.29 is 13.9 Å². The number of fused-ring (bicyclic) bond motifs is 3.